The molecule has 0 bridgehead atoms. The van der Waals surface area contributed by atoms with Crippen LogP contribution in [0.4, 0.5) is 0 Å². The second-order valence-electron chi connectivity index (χ2n) is 16.6. The topological polar surface area (TPSA) is 0 Å². The van der Waals surface area contributed by atoms with E-state index in [2.05, 4.69) is 185 Å². The Morgan fingerprint density at radius 1 is 0.393 bits per heavy atom. The number of rotatable bonds is 9. The molecule has 1 atom stereocenters. The van der Waals surface area contributed by atoms with Crippen molar-refractivity contribution in [3.63, 3.8) is 0 Å². The summed E-state index contributed by atoms with van der Waals surface area (Å²) in [6.07, 6.45) is 6.98. The van der Waals surface area contributed by atoms with Gasteiger partial charge >= 0.3 is 0 Å². The lowest BCUT2D eigenvalue weighted by Gasteiger charge is -2.32. The lowest BCUT2D eigenvalue weighted by atomic mass is 9.70. The van der Waals surface area contributed by atoms with Crippen molar-refractivity contribution in [2.75, 3.05) is 0 Å². The summed E-state index contributed by atoms with van der Waals surface area (Å²) < 4.78 is 0. The second kappa shape index (κ2) is 13.5. The molecular weight excluding hydrogens is 673 g/mol. The molecule has 0 heteroatoms. The molecule has 0 saturated carbocycles. The van der Waals surface area contributed by atoms with E-state index in [1.807, 2.05) is 0 Å². The first kappa shape index (κ1) is 34.7. The number of fused-ring (bicyclic) bond motifs is 8. The quantitative estimate of drug-likeness (QED) is 0.130. The Bertz CT molecular complexity index is 2740. The van der Waals surface area contributed by atoms with Crippen LogP contribution in [-0.2, 0) is 17.3 Å². The average Bonchev–Trinajstić information content (AvgIpc) is 3.65. The van der Waals surface area contributed by atoms with Gasteiger partial charge in [-0.25, -0.2) is 0 Å². The molecule has 0 N–H and O–H groups in total. The van der Waals surface area contributed by atoms with Gasteiger partial charge in [-0.2, -0.15) is 0 Å². The molecule has 274 valence electrons. The minimum Gasteiger partial charge on any atom is -0.0653 e. The Kier molecular flexibility index (Phi) is 8.37. The highest BCUT2D eigenvalue weighted by molar-refractivity contribution is 6.21. The Balaban J connectivity index is 1.20. The molecule has 0 nitrogen and oxygen atoms in total. The summed E-state index contributed by atoms with van der Waals surface area (Å²) in [6.45, 7) is 9.46. The van der Waals surface area contributed by atoms with Crippen molar-refractivity contribution in [3.8, 4) is 44.5 Å². The van der Waals surface area contributed by atoms with E-state index in [4.69, 9.17) is 0 Å². The first-order valence-corrected chi connectivity index (χ1v) is 21.0. The van der Waals surface area contributed by atoms with Crippen LogP contribution < -0.4 is 0 Å². The van der Waals surface area contributed by atoms with Gasteiger partial charge in [-0.05, 0) is 138 Å². The van der Waals surface area contributed by atoms with E-state index in [0.29, 0.717) is 0 Å². The molecule has 0 spiro atoms. The molecule has 0 radical (unpaired) electrons. The van der Waals surface area contributed by atoms with Crippen molar-refractivity contribution in [1.82, 2.24) is 0 Å². The van der Waals surface area contributed by atoms with Crippen LogP contribution in [0, 0.1) is 0 Å². The van der Waals surface area contributed by atoms with Gasteiger partial charge in [0.2, 0.25) is 0 Å². The largest absolute Gasteiger partial charge is 0.0653 e. The van der Waals surface area contributed by atoms with Crippen LogP contribution in [0.5, 0.6) is 0 Å². The minimum absolute atomic E-state index is 0.0346. The zero-order chi connectivity index (χ0) is 38.0. The van der Waals surface area contributed by atoms with Gasteiger partial charge in [-0.15, -0.1) is 0 Å². The van der Waals surface area contributed by atoms with Crippen LogP contribution in [-0.4, -0.2) is 0 Å². The summed E-state index contributed by atoms with van der Waals surface area (Å²) in [7, 11) is 0. The molecule has 0 fully saturated rings. The fourth-order valence-corrected chi connectivity index (χ4v) is 11.1. The lowest BCUT2D eigenvalue weighted by Crippen LogP contribution is -2.25. The number of benzene rings is 8. The third-order valence-electron chi connectivity index (χ3n) is 13.5. The zero-order valence-electron chi connectivity index (χ0n) is 33.3. The average molecular weight is 723 g/mol. The predicted molar refractivity (Wildman–Crippen MR) is 240 cm³/mol. The highest BCUT2D eigenvalue weighted by atomic mass is 14.5. The Morgan fingerprint density at radius 2 is 0.857 bits per heavy atom. The Hall–Kier alpha value is -5.72. The van der Waals surface area contributed by atoms with Gasteiger partial charge in [0.15, 0.2) is 0 Å². The number of aryl methyl sites for hydroxylation is 1. The molecule has 10 rings (SSSR count). The van der Waals surface area contributed by atoms with Gasteiger partial charge in [0.05, 0.1) is 0 Å². The Morgan fingerprint density at radius 3 is 1.43 bits per heavy atom. The molecule has 0 heterocycles. The predicted octanol–water partition coefficient (Wildman–Crippen LogP) is 15.5. The van der Waals surface area contributed by atoms with Crippen molar-refractivity contribution < 1.29 is 0 Å². The van der Waals surface area contributed by atoms with Crippen LogP contribution in [0.15, 0.2) is 158 Å². The van der Waals surface area contributed by atoms with E-state index in [0.717, 1.165) is 19.3 Å². The third-order valence-corrected chi connectivity index (χ3v) is 13.5. The molecule has 1 unspecified atom stereocenters. The van der Waals surface area contributed by atoms with E-state index < -0.39 is 0 Å². The van der Waals surface area contributed by atoms with Crippen molar-refractivity contribution in [2.45, 2.75) is 77.0 Å². The molecule has 0 amide bonds. The normalized spacial score (nSPS) is 16.1. The molecule has 56 heavy (non-hydrogen) atoms. The molecule has 2 aliphatic carbocycles. The SMILES string of the molecule is CCCc1ccc2c(c1)C(CCC)(CCC)c1cc(-c3c4ccccc4c(-c4ccc5c(c4)C(C)(c4ccccc4)c4ccccc4-5)c4ccccc34)ccc1-2. The number of hydrogen-bond acceptors (Lipinski definition) is 0. The van der Waals surface area contributed by atoms with Crippen LogP contribution in [0.3, 0.4) is 0 Å². The summed E-state index contributed by atoms with van der Waals surface area (Å²) in [5.41, 5.74) is 19.2. The fraction of sp³-hybridized carbons (Fsp3) is 0.214. The monoisotopic (exact) mass is 722 g/mol. The van der Waals surface area contributed by atoms with Gasteiger partial charge in [0.1, 0.15) is 0 Å². The van der Waals surface area contributed by atoms with Crippen LogP contribution >= 0.6 is 0 Å². The summed E-state index contributed by atoms with van der Waals surface area (Å²) in [5.74, 6) is 0. The Labute approximate surface area is 332 Å². The first-order chi connectivity index (χ1) is 27.5. The van der Waals surface area contributed by atoms with E-state index >= 15 is 0 Å². The maximum atomic E-state index is 2.60. The summed E-state index contributed by atoms with van der Waals surface area (Å²) in [6, 6.07) is 60.6. The van der Waals surface area contributed by atoms with Crippen molar-refractivity contribution >= 4 is 21.5 Å². The van der Waals surface area contributed by atoms with Crippen molar-refractivity contribution in [2.24, 2.45) is 0 Å². The molecule has 8 aromatic rings. The number of hydrogen-bond donors (Lipinski definition) is 0. The smallest absolute Gasteiger partial charge is 0.0435 e. The minimum atomic E-state index is -0.252. The van der Waals surface area contributed by atoms with E-state index in [-0.39, 0.29) is 10.8 Å². The van der Waals surface area contributed by atoms with E-state index in [9.17, 15) is 0 Å². The van der Waals surface area contributed by atoms with Gasteiger partial charge in [0, 0.05) is 10.8 Å². The van der Waals surface area contributed by atoms with Gasteiger partial charge in [0.25, 0.3) is 0 Å². The molecule has 0 aromatic heterocycles. The molecule has 8 aromatic carbocycles. The second-order valence-corrected chi connectivity index (χ2v) is 16.6. The first-order valence-electron chi connectivity index (χ1n) is 21.0. The van der Waals surface area contributed by atoms with E-state index in [1.54, 1.807) is 5.56 Å². The molecule has 2 aliphatic rings. The molecule has 0 saturated heterocycles. The maximum absolute atomic E-state index is 2.60. The van der Waals surface area contributed by atoms with Crippen molar-refractivity contribution in [1.29, 1.82) is 0 Å². The van der Waals surface area contributed by atoms with Crippen LogP contribution in [0.1, 0.15) is 93.2 Å². The maximum Gasteiger partial charge on any atom is 0.0435 e. The van der Waals surface area contributed by atoms with Gasteiger partial charge in [-0.3, -0.25) is 0 Å². The highest BCUT2D eigenvalue weighted by Gasteiger charge is 2.43. The lowest BCUT2D eigenvalue weighted by molar-refractivity contribution is 0.435. The van der Waals surface area contributed by atoms with Gasteiger partial charge in [-0.1, -0.05) is 186 Å². The zero-order valence-corrected chi connectivity index (χ0v) is 33.3. The summed E-state index contributed by atoms with van der Waals surface area (Å²) >= 11 is 0. The standard InChI is InChI=1S/C56H50/c1-5-17-37-26-29-43-44-31-28-39(36-52(44)56(32-6-2,33-7-3)51(43)34-37)54-47-23-13-11-21-45(47)53(46-22-12-14-24-48(46)54)38-27-30-42-41-20-15-16-25-49(41)55(4,50(42)35-38)40-18-9-8-10-19-40/h8-16,18-31,34-36H,5-7,17,32-33H2,1-4H3. The highest BCUT2D eigenvalue weighted by Crippen LogP contribution is 2.57. The van der Waals surface area contributed by atoms with E-state index in [1.165, 1.54) is 113 Å². The van der Waals surface area contributed by atoms with Gasteiger partial charge < -0.3 is 0 Å². The fourth-order valence-electron chi connectivity index (χ4n) is 11.1. The summed E-state index contributed by atoms with van der Waals surface area (Å²) in [5, 5.41) is 5.24. The summed E-state index contributed by atoms with van der Waals surface area (Å²) in [4.78, 5) is 0. The van der Waals surface area contributed by atoms with Crippen LogP contribution in [0.2, 0.25) is 0 Å². The van der Waals surface area contributed by atoms with Crippen molar-refractivity contribution in [3.05, 3.63) is 191 Å². The van der Waals surface area contributed by atoms with Crippen LogP contribution in [0.25, 0.3) is 66.1 Å². The molecule has 0 aliphatic heterocycles. The molecular formula is C56H50. The third kappa shape index (κ3) is 4.98.